The number of morpholine rings is 1. The molecule has 8 nitrogen and oxygen atoms in total. The number of carbonyl (C=O) groups excluding carboxylic acids is 2. The average Bonchev–Trinajstić information content (AvgIpc) is 3.14. The summed E-state index contributed by atoms with van der Waals surface area (Å²) in [6.07, 6.45) is -0.255. The van der Waals surface area contributed by atoms with Crippen LogP contribution in [0.3, 0.4) is 0 Å². The van der Waals surface area contributed by atoms with Crippen molar-refractivity contribution in [2.75, 3.05) is 44.7 Å². The molecule has 2 saturated heterocycles. The Balaban J connectivity index is 1.47. The zero-order valence-corrected chi connectivity index (χ0v) is 20.4. The van der Waals surface area contributed by atoms with Gasteiger partial charge in [-0.2, -0.15) is 8.78 Å². The molecule has 2 aliphatic heterocycles. The normalized spacial score (nSPS) is 19.6. The van der Waals surface area contributed by atoms with Crippen molar-refractivity contribution in [2.45, 2.75) is 18.3 Å². The van der Waals surface area contributed by atoms with Crippen molar-refractivity contribution in [3.05, 3.63) is 54.1 Å². The molecular weight excluding hydrogens is 516 g/mol. The summed E-state index contributed by atoms with van der Waals surface area (Å²) in [5.74, 6) is -2.67. The number of carbonyl (C=O) groups is 2. The topological polar surface area (TPSA) is 83.5 Å². The molecule has 2 aromatic rings. The largest absolute Gasteiger partial charge is 0.435 e. The Morgan fingerprint density at radius 3 is 2.54 bits per heavy atom. The molecule has 1 N–H and O–H groups in total. The minimum atomic E-state index is -2.95. The lowest BCUT2D eigenvalue weighted by atomic mass is 10.2. The second kappa shape index (κ2) is 12.4. The first kappa shape index (κ1) is 26.9. The number of alkyl halides is 2. The maximum Gasteiger partial charge on any atom is 0.387 e. The number of hydrogen-bond donors (Lipinski definition) is 1. The fraction of sp³-hybridized carbons (Fsp3) is 0.375. The Hall–Kier alpha value is -3.16. The van der Waals surface area contributed by atoms with Crippen LogP contribution >= 0.6 is 11.8 Å². The summed E-state index contributed by atoms with van der Waals surface area (Å²) in [7, 11) is 0. The lowest BCUT2D eigenvalue weighted by molar-refractivity contribution is -0.128. The van der Waals surface area contributed by atoms with Crippen molar-refractivity contribution in [1.82, 2.24) is 9.80 Å². The molecule has 2 aliphatic rings. The number of amidine groups is 1. The summed E-state index contributed by atoms with van der Waals surface area (Å²) < 4.78 is 61.6. The van der Waals surface area contributed by atoms with Crippen LogP contribution in [0.4, 0.5) is 28.9 Å². The SMILES string of the molecule is O=C(C[C@@H]1SC(=Nc2ccc(OC(F)F)cc2)N(CCN2CCOCC2)C1=O)Nc1ccc(F)cc1F. The van der Waals surface area contributed by atoms with E-state index in [0.29, 0.717) is 43.2 Å². The quantitative estimate of drug-likeness (QED) is 0.487. The first-order valence-electron chi connectivity index (χ1n) is 11.4. The number of anilines is 1. The fourth-order valence-electron chi connectivity index (χ4n) is 3.77. The van der Waals surface area contributed by atoms with E-state index in [4.69, 9.17) is 4.74 Å². The molecule has 0 saturated carbocycles. The van der Waals surface area contributed by atoms with E-state index in [9.17, 15) is 27.2 Å². The minimum absolute atomic E-state index is 0.0270. The molecule has 2 fully saturated rings. The smallest absolute Gasteiger partial charge is 0.387 e. The Morgan fingerprint density at radius 1 is 1.14 bits per heavy atom. The maximum atomic E-state index is 13.9. The van der Waals surface area contributed by atoms with Gasteiger partial charge in [0.2, 0.25) is 11.8 Å². The van der Waals surface area contributed by atoms with Crippen molar-refractivity contribution in [2.24, 2.45) is 4.99 Å². The maximum absolute atomic E-state index is 13.9. The van der Waals surface area contributed by atoms with E-state index in [0.717, 1.165) is 37.0 Å². The van der Waals surface area contributed by atoms with Gasteiger partial charge in [-0.1, -0.05) is 11.8 Å². The van der Waals surface area contributed by atoms with Gasteiger partial charge in [-0.25, -0.2) is 13.8 Å². The van der Waals surface area contributed by atoms with Gasteiger partial charge in [-0.05, 0) is 36.4 Å². The third-order valence-electron chi connectivity index (χ3n) is 5.63. The van der Waals surface area contributed by atoms with Gasteiger partial charge >= 0.3 is 6.61 Å². The Morgan fingerprint density at radius 2 is 1.86 bits per heavy atom. The number of amides is 2. The minimum Gasteiger partial charge on any atom is -0.435 e. The number of aliphatic imine (C=N–C) groups is 1. The van der Waals surface area contributed by atoms with Crippen LogP contribution < -0.4 is 10.1 Å². The monoisotopic (exact) mass is 540 g/mol. The second-order valence-corrected chi connectivity index (χ2v) is 9.36. The highest BCUT2D eigenvalue weighted by Crippen LogP contribution is 2.32. The first-order chi connectivity index (χ1) is 17.8. The van der Waals surface area contributed by atoms with Gasteiger partial charge in [0, 0.05) is 38.7 Å². The molecule has 0 bridgehead atoms. The molecule has 2 aromatic carbocycles. The lowest BCUT2D eigenvalue weighted by Gasteiger charge is -2.28. The van der Waals surface area contributed by atoms with E-state index in [1.54, 1.807) is 0 Å². The van der Waals surface area contributed by atoms with Crippen LogP contribution in [0.2, 0.25) is 0 Å². The summed E-state index contributed by atoms with van der Waals surface area (Å²) in [6.45, 7) is 0.576. The number of nitrogens with zero attached hydrogens (tertiary/aromatic N) is 3. The van der Waals surface area contributed by atoms with E-state index in [-0.39, 0.29) is 23.8 Å². The summed E-state index contributed by atoms with van der Waals surface area (Å²) in [5, 5.41) is 1.91. The number of ether oxygens (including phenoxy) is 2. The third-order valence-corrected chi connectivity index (χ3v) is 6.80. The predicted molar refractivity (Wildman–Crippen MR) is 130 cm³/mol. The predicted octanol–water partition coefficient (Wildman–Crippen LogP) is 3.86. The van der Waals surface area contributed by atoms with Gasteiger partial charge in [0.25, 0.3) is 0 Å². The molecule has 198 valence electrons. The fourth-order valence-corrected chi connectivity index (χ4v) is 4.95. The van der Waals surface area contributed by atoms with Gasteiger partial charge in [0.1, 0.15) is 22.6 Å². The Kier molecular flexibility index (Phi) is 9.00. The highest BCUT2D eigenvalue weighted by Gasteiger charge is 2.39. The molecule has 0 radical (unpaired) electrons. The summed E-state index contributed by atoms with van der Waals surface area (Å²) >= 11 is 1.09. The van der Waals surface area contributed by atoms with E-state index in [1.165, 1.54) is 29.2 Å². The molecule has 0 aliphatic carbocycles. The third kappa shape index (κ3) is 7.43. The van der Waals surface area contributed by atoms with Gasteiger partial charge < -0.3 is 14.8 Å². The van der Waals surface area contributed by atoms with Crippen LogP contribution in [0.25, 0.3) is 0 Å². The summed E-state index contributed by atoms with van der Waals surface area (Å²) in [4.78, 5) is 33.9. The number of nitrogens with one attached hydrogen (secondary N) is 1. The molecule has 1 atom stereocenters. The van der Waals surface area contributed by atoms with Crippen LogP contribution in [-0.4, -0.2) is 78.0 Å². The van der Waals surface area contributed by atoms with Gasteiger partial charge in [-0.3, -0.25) is 19.4 Å². The number of benzene rings is 2. The van der Waals surface area contributed by atoms with E-state index >= 15 is 0 Å². The van der Waals surface area contributed by atoms with E-state index < -0.39 is 29.4 Å². The zero-order chi connectivity index (χ0) is 26.4. The molecule has 0 spiro atoms. The molecular formula is C24H24F4N4O4S. The van der Waals surface area contributed by atoms with Crippen LogP contribution in [0.1, 0.15) is 6.42 Å². The zero-order valence-electron chi connectivity index (χ0n) is 19.5. The van der Waals surface area contributed by atoms with Crippen molar-refractivity contribution < 1.29 is 36.6 Å². The van der Waals surface area contributed by atoms with Crippen LogP contribution in [0.5, 0.6) is 5.75 Å². The molecule has 0 aromatic heterocycles. The summed E-state index contributed by atoms with van der Waals surface area (Å²) in [6, 6.07) is 8.42. The van der Waals surface area contributed by atoms with Crippen molar-refractivity contribution in [1.29, 1.82) is 0 Å². The molecule has 2 amide bonds. The van der Waals surface area contributed by atoms with Crippen molar-refractivity contribution in [3.8, 4) is 5.75 Å². The van der Waals surface area contributed by atoms with Crippen molar-refractivity contribution >= 4 is 40.1 Å². The number of rotatable bonds is 9. The second-order valence-electron chi connectivity index (χ2n) is 8.19. The van der Waals surface area contributed by atoms with Gasteiger partial charge in [0.15, 0.2) is 5.17 Å². The van der Waals surface area contributed by atoms with E-state index in [1.807, 2.05) is 0 Å². The van der Waals surface area contributed by atoms with Gasteiger partial charge in [-0.15, -0.1) is 0 Å². The average molecular weight is 541 g/mol. The lowest BCUT2D eigenvalue weighted by Crippen LogP contribution is -2.43. The first-order valence-corrected chi connectivity index (χ1v) is 12.3. The molecule has 13 heteroatoms. The van der Waals surface area contributed by atoms with E-state index in [2.05, 4.69) is 19.9 Å². The number of thioether (sulfide) groups is 1. The van der Waals surface area contributed by atoms with Crippen LogP contribution in [0, 0.1) is 11.6 Å². The summed E-state index contributed by atoms with van der Waals surface area (Å²) in [5.41, 5.74) is 0.220. The molecule has 37 heavy (non-hydrogen) atoms. The number of hydrogen-bond acceptors (Lipinski definition) is 7. The molecule has 4 rings (SSSR count). The Bertz CT molecular complexity index is 1150. The highest BCUT2D eigenvalue weighted by molar-refractivity contribution is 8.15. The van der Waals surface area contributed by atoms with Crippen LogP contribution in [-0.2, 0) is 14.3 Å². The highest BCUT2D eigenvalue weighted by atomic mass is 32.2. The number of halogens is 4. The standard InChI is InChI=1S/C24H24F4N4O4S/c25-15-1-6-19(18(26)13-15)30-21(33)14-20-22(34)32(8-7-31-9-11-35-12-10-31)24(37-20)29-16-2-4-17(5-3-16)36-23(27)28/h1-6,13,20,23H,7-12,14H2,(H,30,33)/t20-/m0/s1. The Labute approximate surface area is 214 Å². The van der Waals surface area contributed by atoms with Crippen molar-refractivity contribution in [3.63, 3.8) is 0 Å². The van der Waals surface area contributed by atoms with Crippen LogP contribution in [0.15, 0.2) is 47.5 Å². The van der Waals surface area contributed by atoms with Gasteiger partial charge in [0.05, 0.1) is 24.6 Å². The molecule has 0 unspecified atom stereocenters. The molecule has 2 heterocycles.